The molecule has 68 valence electrons. The molecule has 5 heteroatoms. The molecule has 0 saturated heterocycles. The van der Waals surface area contributed by atoms with Crippen molar-refractivity contribution < 1.29 is 0 Å². The molecule has 2 aromatic rings. The maximum atomic E-state index is 11.3. The van der Waals surface area contributed by atoms with E-state index >= 15 is 0 Å². The Bertz CT molecular complexity index is 549. The summed E-state index contributed by atoms with van der Waals surface area (Å²) in [5.74, 6) is 0. The lowest BCUT2D eigenvalue weighted by molar-refractivity contribution is 1.07. The van der Waals surface area contributed by atoms with Gasteiger partial charge in [-0.05, 0) is 17.4 Å². The number of aromatic amines is 2. The normalized spacial score (nSPS) is 10.8. The van der Waals surface area contributed by atoms with E-state index in [9.17, 15) is 9.59 Å². The zero-order valence-electron chi connectivity index (χ0n) is 7.01. The summed E-state index contributed by atoms with van der Waals surface area (Å²) in [5, 5.41) is 1.90. The maximum Gasteiger partial charge on any atom is 0.326 e. The van der Waals surface area contributed by atoms with Gasteiger partial charge >= 0.3 is 5.69 Å². The summed E-state index contributed by atoms with van der Waals surface area (Å²) < 4.78 is 0.594. The summed E-state index contributed by atoms with van der Waals surface area (Å²) >= 11 is 1.36. The Morgan fingerprint density at radius 3 is 2.85 bits per heavy atom. The van der Waals surface area contributed by atoms with Crippen molar-refractivity contribution in [3.8, 4) is 0 Å². The number of nitrogens with one attached hydrogen (secondary N) is 2. The first kappa shape index (κ1) is 8.25. The van der Waals surface area contributed by atoms with Crippen LogP contribution in [0.3, 0.4) is 0 Å². The van der Waals surface area contributed by atoms with Crippen LogP contribution in [0.25, 0.3) is 10.2 Å². The maximum absolute atomic E-state index is 11.3. The van der Waals surface area contributed by atoms with Crippen LogP contribution in [0.2, 0.25) is 0 Å². The zero-order chi connectivity index (χ0) is 9.42. The first-order valence-electron chi connectivity index (χ1n) is 3.95. The van der Waals surface area contributed by atoms with Gasteiger partial charge in [0.15, 0.2) is 0 Å². The molecule has 2 aromatic heterocycles. The van der Waals surface area contributed by atoms with E-state index in [1.54, 1.807) is 0 Å². The van der Waals surface area contributed by atoms with Gasteiger partial charge in [-0.1, -0.05) is 6.92 Å². The van der Waals surface area contributed by atoms with Crippen molar-refractivity contribution in [2.75, 3.05) is 0 Å². The summed E-state index contributed by atoms with van der Waals surface area (Å²) in [4.78, 5) is 27.1. The summed E-state index contributed by atoms with van der Waals surface area (Å²) in [6, 6.07) is 0. The lowest BCUT2D eigenvalue weighted by Crippen LogP contribution is -2.21. The molecule has 0 saturated carbocycles. The minimum absolute atomic E-state index is 0.302. The summed E-state index contributed by atoms with van der Waals surface area (Å²) in [6.07, 6.45) is 0.819. The smallest absolute Gasteiger partial charge is 0.306 e. The van der Waals surface area contributed by atoms with Gasteiger partial charge in [0, 0.05) is 0 Å². The number of rotatable bonds is 1. The molecule has 2 rings (SSSR count). The van der Waals surface area contributed by atoms with E-state index in [2.05, 4.69) is 9.97 Å². The topological polar surface area (TPSA) is 65.7 Å². The first-order chi connectivity index (χ1) is 6.22. The van der Waals surface area contributed by atoms with E-state index in [0.717, 1.165) is 12.0 Å². The molecular formula is C8H8N2O2S. The summed E-state index contributed by atoms with van der Waals surface area (Å²) in [7, 11) is 0. The number of hydrogen-bond donors (Lipinski definition) is 2. The number of aryl methyl sites for hydroxylation is 1. The predicted molar refractivity (Wildman–Crippen MR) is 52.4 cm³/mol. The van der Waals surface area contributed by atoms with Crippen LogP contribution >= 0.6 is 11.3 Å². The lowest BCUT2D eigenvalue weighted by atomic mass is 10.2. The van der Waals surface area contributed by atoms with E-state index in [-0.39, 0.29) is 5.56 Å². The second kappa shape index (κ2) is 2.85. The fourth-order valence-electron chi connectivity index (χ4n) is 1.26. The molecule has 4 nitrogen and oxygen atoms in total. The fourth-order valence-corrected chi connectivity index (χ4v) is 2.27. The van der Waals surface area contributed by atoms with Crippen LogP contribution in [-0.4, -0.2) is 9.97 Å². The highest BCUT2D eigenvalue weighted by atomic mass is 32.1. The van der Waals surface area contributed by atoms with Crippen molar-refractivity contribution in [1.82, 2.24) is 9.97 Å². The fraction of sp³-hybridized carbons (Fsp3) is 0.250. The van der Waals surface area contributed by atoms with Crippen molar-refractivity contribution in [2.24, 2.45) is 0 Å². The van der Waals surface area contributed by atoms with Crippen LogP contribution in [-0.2, 0) is 6.42 Å². The van der Waals surface area contributed by atoms with Crippen molar-refractivity contribution in [1.29, 1.82) is 0 Å². The molecule has 0 atom stereocenters. The minimum atomic E-state index is -0.439. The molecule has 0 aliphatic rings. The standard InChI is InChI=1S/C8H8N2O2S/c1-2-4-3-13-6-5(4)9-8(12)10-7(6)11/h3H,2H2,1H3,(H2,9,10,11,12). The molecule has 0 fully saturated rings. The van der Waals surface area contributed by atoms with Gasteiger partial charge in [0.25, 0.3) is 5.56 Å². The highest BCUT2D eigenvalue weighted by Gasteiger charge is 2.06. The van der Waals surface area contributed by atoms with Crippen molar-refractivity contribution in [2.45, 2.75) is 13.3 Å². The van der Waals surface area contributed by atoms with E-state index in [4.69, 9.17) is 0 Å². The van der Waals surface area contributed by atoms with Crippen molar-refractivity contribution in [3.05, 3.63) is 31.8 Å². The highest BCUT2D eigenvalue weighted by molar-refractivity contribution is 7.17. The molecular weight excluding hydrogens is 188 g/mol. The SMILES string of the molecule is CCc1csc2c(=O)[nH]c(=O)[nH]c12. The van der Waals surface area contributed by atoms with Gasteiger partial charge < -0.3 is 4.98 Å². The number of fused-ring (bicyclic) bond motifs is 1. The monoisotopic (exact) mass is 196 g/mol. The van der Waals surface area contributed by atoms with E-state index in [1.165, 1.54) is 11.3 Å². The van der Waals surface area contributed by atoms with Crippen molar-refractivity contribution in [3.63, 3.8) is 0 Å². The number of hydrogen-bond acceptors (Lipinski definition) is 3. The summed E-state index contributed by atoms with van der Waals surface area (Å²) in [5.41, 5.74) is 0.957. The second-order valence-electron chi connectivity index (χ2n) is 2.73. The predicted octanol–water partition coefficient (Wildman–Crippen LogP) is 0.840. The first-order valence-corrected chi connectivity index (χ1v) is 4.83. The Balaban J connectivity index is 2.98. The zero-order valence-corrected chi connectivity index (χ0v) is 7.83. The Kier molecular flexibility index (Phi) is 1.81. The third kappa shape index (κ3) is 1.21. The molecule has 0 unspecified atom stereocenters. The average molecular weight is 196 g/mol. The molecule has 0 radical (unpaired) electrons. The molecule has 0 aliphatic carbocycles. The molecule has 0 aliphatic heterocycles. The van der Waals surface area contributed by atoms with Crippen LogP contribution in [0.1, 0.15) is 12.5 Å². The van der Waals surface area contributed by atoms with Crippen molar-refractivity contribution >= 4 is 21.6 Å². The third-order valence-electron chi connectivity index (χ3n) is 1.92. The lowest BCUT2D eigenvalue weighted by Gasteiger charge is -1.91. The Morgan fingerprint density at radius 1 is 1.38 bits per heavy atom. The molecule has 2 heterocycles. The van der Waals surface area contributed by atoms with Crippen LogP contribution in [0.15, 0.2) is 15.0 Å². The average Bonchev–Trinajstić information content (AvgIpc) is 2.47. The molecule has 0 spiro atoms. The van der Waals surface area contributed by atoms with Crippen LogP contribution in [0.4, 0.5) is 0 Å². The third-order valence-corrected chi connectivity index (χ3v) is 2.95. The Labute approximate surface area is 77.2 Å². The van der Waals surface area contributed by atoms with Gasteiger partial charge in [-0.25, -0.2) is 4.79 Å². The van der Waals surface area contributed by atoms with Gasteiger partial charge in [0.05, 0.1) is 5.52 Å². The Hall–Kier alpha value is -1.36. The minimum Gasteiger partial charge on any atom is -0.306 e. The van der Waals surface area contributed by atoms with E-state index in [0.29, 0.717) is 10.2 Å². The molecule has 2 N–H and O–H groups in total. The highest BCUT2D eigenvalue weighted by Crippen LogP contribution is 2.19. The van der Waals surface area contributed by atoms with E-state index < -0.39 is 5.69 Å². The van der Waals surface area contributed by atoms with Gasteiger partial charge in [-0.2, -0.15) is 0 Å². The molecule has 0 amide bonds. The quantitative estimate of drug-likeness (QED) is 0.709. The molecule has 13 heavy (non-hydrogen) atoms. The second-order valence-corrected chi connectivity index (χ2v) is 3.61. The number of aromatic nitrogens is 2. The van der Waals surface area contributed by atoms with Gasteiger partial charge in [-0.15, -0.1) is 11.3 Å². The van der Waals surface area contributed by atoms with Crippen LogP contribution < -0.4 is 11.2 Å². The van der Waals surface area contributed by atoms with E-state index in [1.807, 2.05) is 12.3 Å². The Morgan fingerprint density at radius 2 is 2.15 bits per heavy atom. The summed E-state index contributed by atoms with van der Waals surface area (Å²) in [6.45, 7) is 1.99. The number of H-pyrrole nitrogens is 2. The van der Waals surface area contributed by atoms with Crippen LogP contribution in [0, 0.1) is 0 Å². The van der Waals surface area contributed by atoms with Gasteiger partial charge in [0.1, 0.15) is 4.70 Å². The van der Waals surface area contributed by atoms with Gasteiger partial charge in [-0.3, -0.25) is 9.78 Å². The molecule has 0 aromatic carbocycles. The van der Waals surface area contributed by atoms with Crippen LogP contribution in [0.5, 0.6) is 0 Å². The number of thiophene rings is 1. The van der Waals surface area contributed by atoms with Gasteiger partial charge in [0.2, 0.25) is 0 Å². The molecule has 0 bridgehead atoms. The largest absolute Gasteiger partial charge is 0.326 e.